The molecule has 18 heavy (non-hydrogen) atoms. The number of rotatable bonds is 2. The second-order valence-corrected chi connectivity index (χ2v) is 4.93. The van der Waals surface area contributed by atoms with Gasteiger partial charge in [-0.25, -0.2) is 4.98 Å². The molecule has 3 aromatic rings. The van der Waals surface area contributed by atoms with Gasteiger partial charge in [0, 0.05) is 11.6 Å². The van der Waals surface area contributed by atoms with Crippen LogP contribution < -0.4 is 3.11 Å². The maximum absolute atomic E-state index is 4.38. The standard InChI is InChI=1S/C15H11IN2/c16-18(15-10-3-4-11-17-15)14-9-5-7-12-6-1-2-8-13(12)14/h1-11H. The molecule has 0 amide bonds. The molecule has 2 aromatic carbocycles. The number of nitrogens with zero attached hydrogens (tertiary/aromatic N) is 2. The van der Waals surface area contributed by atoms with Crippen molar-refractivity contribution in [2.24, 2.45) is 0 Å². The van der Waals surface area contributed by atoms with Gasteiger partial charge in [-0.05, 0) is 23.6 Å². The molecule has 0 saturated carbocycles. The summed E-state index contributed by atoms with van der Waals surface area (Å²) < 4.78 is 2.08. The van der Waals surface area contributed by atoms with Crippen LogP contribution in [0.25, 0.3) is 10.8 Å². The van der Waals surface area contributed by atoms with Gasteiger partial charge >= 0.3 is 0 Å². The molecule has 0 saturated heterocycles. The summed E-state index contributed by atoms with van der Waals surface area (Å²) in [6, 6.07) is 20.6. The smallest absolute Gasteiger partial charge is 0.141 e. The molecular weight excluding hydrogens is 335 g/mol. The summed E-state index contributed by atoms with van der Waals surface area (Å²) in [5.41, 5.74) is 1.16. The summed E-state index contributed by atoms with van der Waals surface area (Å²) >= 11 is 2.29. The van der Waals surface area contributed by atoms with Gasteiger partial charge in [0.05, 0.1) is 28.6 Å². The fraction of sp³-hybridized carbons (Fsp3) is 0. The predicted molar refractivity (Wildman–Crippen MR) is 84.3 cm³/mol. The average molecular weight is 346 g/mol. The third-order valence-electron chi connectivity index (χ3n) is 2.83. The normalized spacial score (nSPS) is 10.5. The summed E-state index contributed by atoms with van der Waals surface area (Å²) in [6.07, 6.45) is 1.81. The molecule has 0 atom stereocenters. The summed E-state index contributed by atoms with van der Waals surface area (Å²) in [4.78, 5) is 4.38. The highest BCUT2D eigenvalue weighted by atomic mass is 127. The van der Waals surface area contributed by atoms with E-state index in [2.05, 4.69) is 73.4 Å². The predicted octanol–water partition coefficient (Wildman–Crippen LogP) is 4.72. The summed E-state index contributed by atoms with van der Waals surface area (Å²) in [5.74, 6) is 0.939. The zero-order chi connectivity index (χ0) is 12.4. The van der Waals surface area contributed by atoms with Crippen LogP contribution in [-0.4, -0.2) is 4.98 Å². The molecule has 0 aliphatic carbocycles. The first-order chi connectivity index (χ1) is 8.86. The number of fused-ring (bicyclic) bond motifs is 1. The Kier molecular flexibility index (Phi) is 3.15. The van der Waals surface area contributed by atoms with E-state index in [1.54, 1.807) is 0 Å². The van der Waals surface area contributed by atoms with Crippen molar-refractivity contribution in [1.82, 2.24) is 4.98 Å². The lowest BCUT2D eigenvalue weighted by molar-refractivity contribution is 1.28. The maximum Gasteiger partial charge on any atom is 0.141 e. The van der Waals surface area contributed by atoms with Crippen LogP contribution in [0.2, 0.25) is 0 Å². The molecule has 0 aliphatic rings. The number of hydrogen-bond donors (Lipinski definition) is 0. The van der Waals surface area contributed by atoms with Crippen molar-refractivity contribution in [1.29, 1.82) is 0 Å². The fourth-order valence-corrected chi connectivity index (χ4v) is 2.68. The van der Waals surface area contributed by atoms with Crippen molar-refractivity contribution < 1.29 is 0 Å². The fourth-order valence-electron chi connectivity index (χ4n) is 1.97. The van der Waals surface area contributed by atoms with E-state index in [1.807, 2.05) is 24.4 Å². The van der Waals surface area contributed by atoms with Crippen molar-refractivity contribution in [3.63, 3.8) is 0 Å². The van der Waals surface area contributed by atoms with Gasteiger partial charge in [-0.1, -0.05) is 42.5 Å². The maximum atomic E-state index is 4.38. The Labute approximate surface area is 120 Å². The van der Waals surface area contributed by atoms with Gasteiger partial charge in [0.1, 0.15) is 5.82 Å². The van der Waals surface area contributed by atoms with Crippen molar-refractivity contribution >= 4 is 45.1 Å². The Morgan fingerprint density at radius 2 is 1.61 bits per heavy atom. The second-order valence-electron chi connectivity index (χ2n) is 3.97. The van der Waals surface area contributed by atoms with Gasteiger partial charge in [-0.15, -0.1) is 0 Å². The highest BCUT2D eigenvalue weighted by molar-refractivity contribution is 14.1. The van der Waals surface area contributed by atoms with Gasteiger partial charge in [-0.3, -0.25) is 3.11 Å². The largest absolute Gasteiger partial charge is 0.266 e. The summed E-state index contributed by atoms with van der Waals surface area (Å²) in [7, 11) is 0. The molecule has 0 unspecified atom stereocenters. The molecule has 0 aliphatic heterocycles. The third-order valence-corrected chi connectivity index (χ3v) is 3.84. The van der Waals surface area contributed by atoms with Crippen LogP contribution in [-0.2, 0) is 0 Å². The van der Waals surface area contributed by atoms with Crippen molar-refractivity contribution in [3.05, 3.63) is 66.9 Å². The number of hydrogen-bond acceptors (Lipinski definition) is 2. The Bertz CT molecular complexity index is 662. The molecule has 0 radical (unpaired) electrons. The number of benzene rings is 2. The summed E-state index contributed by atoms with van der Waals surface area (Å²) in [6.45, 7) is 0. The highest BCUT2D eigenvalue weighted by Crippen LogP contribution is 2.33. The first-order valence-electron chi connectivity index (χ1n) is 5.71. The number of pyridine rings is 1. The Balaban J connectivity index is 2.15. The molecular formula is C15H11IN2. The minimum atomic E-state index is 0.939. The van der Waals surface area contributed by atoms with E-state index in [0.717, 1.165) is 11.5 Å². The van der Waals surface area contributed by atoms with E-state index in [4.69, 9.17) is 0 Å². The zero-order valence-electron chi connectivity index (χ0n) is 9.62. The van der Waals surface area contributed by atoms with Crippen LogP contribution in [0.3, 0.4) is 0 Å². The first kappa shape index (κ1) is 11.5. The topological polar surface area (TPSA) is 16.1 Å². The van der Waals surface area contributed by atoms with E-state index < -0.39 is 0 Å². The number of aromatic nitrogens is 1. The van der Waals surface area contributed by atoms with Crippen molar-refractivity contribution in [3.8, 4) is 0 Å². The molecule has 0 fully saturated rings. The molecule has 1 aromatic heterocycles. The van der Waals surface area contributed by atoms with Crippen molar-refractivity contribution in [2.75, 3.05) is 3.11 Å². The lowest BCUT2D eigenvalue weighted by Crippen LogP contribution is -2.02. The quantitative estimate of drug-likeness (QED) is 0.493. The number of anilines is 2. The third kappa shape index (κ3) is 2.06. The lowest BCUT2D eigenvalue weighted by Gasteiger charge is -2.17. The first-order valence-corrected chi connectivity index (χ1v) is 6.67. The zero-order valence-corrected chi connectivity index (χ0v) is 11.8. The Hall–Kier alpha value is -1.62. The van der Waals surface area contributed by atoms with E-state index >= 15 is 0 Å². The minimum absolute atomic E-state index is 0.939. The van der Waals surface area contributed by atoms with Crippen LogP contribution in [0.15, 0.2) is 66.9 Å². The number of halogens is 1. The average Bonchev–Trinajstić information content (AvgIpc) is 2.47. The monoisotopic (exact) mass is 346 g/mol. The summed E-state index contributed by atoms with van der Waals surface area (Å²) in [5, 5.41) is 2.48. The molecule has 1 heterocycles. The van der Waals surface area contributed by atoms with E-state index in [0.29, 0.717) is 0 Å². The van der Waals surface area contributed by atoms with Crippen LogP contribution in [0.1, 0.15) is 0 Å². The van der Waals surface area contributed by atoms with Gasteiger partial charge in [-0.2, -0.15) is 0 Å². The molecule has 3 heteroatoms. The Morgan fingerprint density at radius 1 is 0.833 bits per heavy atom. The minimum Gasteiger partial charge on any atom is -0.266 e. The molecule has 3 rings (SSSR count). The van der Waals surface area contributed by atoms with Gasteiger partial charge in [0.2, 0.25) is 0 Å². The van der Waals surface area contributed by atoms with Crippen LogP contribution >= 0.6 is 22.9 Å². The highest BCUT2D eigenvalue weighted by Gasteiger charge is 2.09. The molecule has 0 spiro atoms. The van der Waals surface area contributed by atoms with E-state index in [-0.39, 0.29) is 0 Å². The van der Waals surface area contributed by atoms with Gasteiger partial charge < -0.3 is 0 Å². The van der Waals surface area contributed by atoms with Crippen LogP contribution in [0.4, 0.5) is 11.5 Å². The molecule has 2 nitrogen and oxygen atoms in total. The van der Waals surface area contributed by atoms with E-state index in [1.165, 1.54) is 10.8 Å². The molecule has 0 bridgehead atoms. The molecule has 88 valence electrons. The second kappa shape index (κ2) is 4.94. The Morgan fingerprint density at radius 3 is 2.44 bits per heavy atom. The van der Waals surface area contributed by atoms with Gasteiger partial charge in [0.25, 0.3) is 0 Å². The van der Waals surface area contributed by atoms with Crippen molar-refractivity contribution in [2.45, 2.75) is 0 Å². The lowest BCUT2D eigenvalue weighted by atomic mass is 10.1. The van der Waals surface area contributed by atoms with Crippen LogP contribution in [0, 0.1) is 0 Å². The van der Waals surface area contributed by atoms with Crippen LogP contribution in [0.5, 0.6) is 0 Å². The molecule has 0 N–H and O–H groups in total. The van der Waals surface area contributed by atoms with E-state index in [9.17, 15) is 0 Å². The SMILES string of the molecule is IN(c1ccccn1)c1cccc2ccccc12. The van der Waals surface area contributed by atoms with Gasteiger partial charge in [0.15, 0.2) is 0 Å².